The van der Waals surface area contributed by atoms with Crippen molar-refractivity contribution < 1.29 is 58.7 Å². The molecule has 1 unspecified atom stereocenters. The summed E-state index contributed by atoms with van der Waals surface area (Å²) in [5.41, 5.74) is 0. The molecule has 0 aromatic carbocycles. The Kier molecular flexibility index (Phi) is 7.98. The number of rotatable bonds is 8. The molecule has 0 aromatic heterocycles. The summed E-state index contributed by atoms with van der Waals surface area (Å²) < 4.78 is 110. The van der Waals surface area contributed by atoms with E-state index in [4.69, 9.17) is 4.55 Å². The van der Waals surface area contributed by atoms with E-state index in [0.717, 1.165) is 20.3 Å². The van der Waals surface area contributed by atoms with Gasteiger partial charge in [0.1, 0.15) is 6.61 Å². The molecule has 1 atom stereocenters. The van der Waals surface area contributed by atoms with Gasteiger partial charge >= 0.3 is 39.3 Å². The Bertz CT molecular complexity index is 700. The van der Waals surface area contributed by atoms with E-state index in [0.29, 0.717) is 12.8 Å². The average Bonchev–Trinajstić information content (AvgIpc) is 2.56. The maximum atomic E-state index is 13.7. The van der Waals surface area contributed by atoms with Crippen molar-refractivity contribution in [2.24, 2.45) is 5.92 Å². The van der Waals surface area contributed by atoms with E-state index < -0.39 is 57.9 Å². The topological polar surface area (TPSA) is 116 Å². The molecule has 1 rings (SSSR count). The first-order chi connectivity index (χ1) is 13.0. The Hall–Kier alpha value is -1.54. The normalized spacial score (nSPS) is 18.9. The summed E-state index contributed by atoms with van der Waals surface area (Å²) in [6.45, 7) is -0.361. The van der Waals surface area contributed by atoms with Crippen LogP contribution in [0.1, 0.15) is 46.0 Å². The van der Waals surface area contributed by atoms with Crippen molar-refractivity contribution in [3.8, 4) is 0 Å². The number of ether oxygens (including phenoxy) is 3. The number of halogens is 5. The molecule has 0 aliphatic heterocycles. The van der Waals surface area contributed by atoms with Gasteiger partial charge in [0.05, 0.1) is 12.0 Å². The van der Waals surface area contributed by atoms with Crippen molar-refractivity contribution in [3.63, 3.8) is 0 Å². The highest BCUT2D eigenvalue weighted by atomic mass is 32.2. The van der Waals surface area contributed by atoms with Crippen LogP contribution in [0.3, 0.4) is 0 Å². The average molecular weight is 456 g/mol. The molecule has 0 aromatic rings. The third-order valence-corrected chi connectivity index (χ3v) is 4.86. The number of alkyl halides is 5. The molecule has 0 bridgehead atoms. The van der Waals surface area contributed by atoms with Crippen LogP contribution in [0, 0.1) is 5.92 Å². The highest BCUT2D eigenvalue weighted by molar-refractivity contribution is 7.86. The Morgan fingerprint density at radius 3 is 2.00 bits per heavy atom. The number of hydrogen-bond acceptors (Lipinski definition) is 7. The van der Waals surface area contributed by atoms with Gasteiger partial charge in [-0.15, -0.1) is 0 Å². The molecule has 0 saturated heterocycles. The summed E-state index contributed by atoms with van der Waals surface area (Å²) in [6, 6.07) is 0. The summed E-state index contributed by atoms with van der Waals surface area (Å²) in [4.78, 5) is 24.3. The third-order valence-electron chi connectivity index (χ3n) is 3.99. The van der Waals surface area contributed by atoms with Crippen LogP contribution in [0.5, 0.6) is 0 Å². The van der Waals surface area contributed by atoms with Gasteiger partial charge in [-0.1, -0.05) is 19.3 Å². The van der Waals surface area contributed by atoms with Gasteiger partial charge in [0.2, 0.25) is 0 Å². The minimum absolute atomic E-state index is 0.146. The van der Waals surface area contributed by atoms with E-state index in [1.807, 2.05) is 0 Å². The monoisotopic (exact) mass is 456 g/mol. The van der Waals surface area contributed by atoms with Gasteiger partial charge in [-0.2, -0.15) is 30.4 Å². The first-order valence-electron chi connectivity index (χ1n) is 8.53. The molecule has 1 saturated carbocycles. The number of carbonyl (C=O) groups excluding carboxylic acids is 2. The molecule has 29 heavy (non-hydrogen) atoms. The zero-order valence-corrected chi connectivity index (χ0v) is 16.3. The number of carbonyl (C=O) groups is 2. The summed E-state index contributed by atoms with van der Waals surface area (Å²) >= 11 is 0. The second-order valence-electron chi connectivity index (χ2n) is 6.73. The van der Waals surface area contributed by atoms with Crippen molar-refractivity contribution >= 4 is 22.1 Å². The molecule has 0 amide bonds. The Morgan fingerprint density at radius 2 is 1.59 bits per heavy atom. The fourth-order valence-corrected chi connectivity index (χ4v) is 2.71. The van der Waals surface area contributed by atoms with Gasteiger partial charge in [-0.05, 0) is 26.7 Å². The molecule has 1 fully saturated rings. The number of hydrogen-bond donors (Lipinski definition) is 1. The summed E-state index contributed by atoms with van der Waals surface area (Å²) in [7, 11) is -6.19. The minimum Gasteiger partial charge on any atom is -0.458 e. The third kappa shape index (κ3) is 6.22. The van der Waals surface area contributed by atoms with E-state index in [2.05, 4.69) is 14.2 Å². The maximum Gasteiger partial charge on any atom is 0.468 e. The molecular formula is C15H21F5O8S. The van der Waals surface area contributed by atoms with Crippen LogP contribution in [0.4, 0.5) is 22.0 Å². The molecule has 1 N–H and O–H groups in total. The summed E-state index contributed by atoms with van der Waals surface area (Å²) in [5, 5.41) is -5.22. The molecule has 8 nitrogen and oxygen atoms in total. The Labute approximate surface area is 163 Å². The van der Waals surface area contributed by atoms with Crippen molar-refractivity contribution in [3.05, 3.63) is 0 Å². The molecule has 14 heteroatoms. The van der Waals surface area contributed by atoms with Gasteiger partial charge in [-0.3, -0.25) is 9.35 Å². The zero-order valence-electron chi connectivity index (χ0n) is 15.5. The lowest BCUT2D eigenvalue weighted by Crippen LogP contribution is -2.60. The Balaban J connectivity index is 3.31. The molecule has 1 aliphatic carbocycles. The van der Waals surface area contributed by atoms with Gasteiger partial charge in [-0.25, -0.2) is 4.79 Å². The molecule has 0 spiro atoms. The van der Waals surface area contributed by atoms with Gasteiger partial charge in [0.25, 0.3) is 0 Å². The minimum atomic E-state index is -6.19. The maximum absolute atomic E-state index is 13.7. The first-order valence-corrected chi connectivity index (χ1v) is 9.97. The SMILES string of the molecule is CC(C)OC(=O)C(OCC(F)(F)S(=O)(=O)O)(OC(=O)C1CCCCC1)C(F)(F)F. The van der Waals surface area contributed by atoms with Crippen LogP contribution < -0.4 is 0 Å². The van der Waals surface area contributed by atoms with Gasteiger partial charge in [0.15, 0.2) is 0 Å². The van der Waals surface area contributed by atoms with Gasteiger partial charge in [0, 0.05) is 0 Å². The molecule has 170 valence electrons. The fraction of sp³-hybridized carbons (Fsp3) is 0.867. The lowest BCUT2D eigenvalue weighted by Gasteiger charge is -2.34. The molecule has 1 aliphatic rings. The van der Waals surface area contributed by atoms with Crippen molar-refractivity contribution in [1.82, 2.24) is 0 Å². The van der Waals surface area contributed by atoms with Gasteiger partial charge < -0.3 is 14.2 Å². The van der Waals surface area contributed by atoms with Crippen LogP contribution in [-0.2, 0) is 33.9 Å². The zero-order chi connectivity index (χ0) is 22.7. The van der Waals surface area contributed by atoms with Crippen molar-refractivity contribution in [2.45, 2.75) is 69.3 Å². The second kappa shape index (κ2) is 9.08. The Morgan fingerprint density at radius 1 is 1.07 bits per heavy atom. The highest BCUT2D eigenvalue weighted by Gasteiger charge is 2.69. The standard InChI is InChI=1S/C15H21F5O8S/c1-9(2)27-12(22)14(15(18,19)20,26-8-13(16,17)29(23,24)25)28-11(21)10-6-4-3-5-7-10/h9-10H,3-8H2,1-2H3,(H,23,24,25). The van der Waals surface area contributed by atoms with Crippen molar-refractivity contribution in [2.75, 3.05) is 6.61 Å². The van der Waals surface area contributed by atoms with Crippen LogP contribution in [0.2, 0.25) is 0 Å². The van der Waals surface area contributed by atoms with Crippen LogP contribution in [-0.4, -0.2) is 54.8 Å². The molecular weight excluding hydrogens is 435 g/mol. The lowest BCUT2D eigenvalue weighted by molar-refractivity contribution is -0.362. The quantitative estimate of drug-likeness (QED) is 0.257. The van der Waals surface area contributed by atoms with E-state index in [-0.39, 0.29) is 12.8 Å². The van der Waals surface area contributed by atoms with E-state index in [1.54, 1.807) is 0 Å². The predicted molar refractivity (Wildman–Crippen MR) is 85.1 cm³/mol. The van der Waals surface area contributed by atoms with Crippen LogP contribution in [0.15, 0.2) is 0 Å². The van der Waals surface area contributed by atoms with Crippen LogP contribution >= 0.6 is 0 Å². The highest BCUT2D eigenvalue weighted by Crippen LogP contribution is 2.40. The fourth-order valence-electron chi connectivity index (χ4n) is 2.50. The van der Waals surface area contributed by atoms with E-state index in [1.165, 1.54) is 0 Å². The van der Waals surface area contributed by atoms with E-state index in [9.17, 15) is 40.0 Å². The summed E-state index contributed by atoms with van der Waals surface area (Å²) in [5.74, 6) is -9.57. The second-order valence-corrected chi connectivity index (χ2v) is 8.27. The summed E-state index contributed by atoms with van der Waals surface area (Å²) in [6.07, 6.45) is -5.09. The lowest BCUT2D eigenvalue weighted by atomic mass is 9.89. The predicted octanol–water partition coefficient (Wildman–Crippen LogP) is 2.82. The smallest absolute Gasteiger partial charge is 0.458 e. The largest absolute Gasteiger partial charge is 0.468 e. The van der Waals surface area contributed by atoms with Crippen molar-refractivity contribution in [1.29, 1.82) is 0 Å². The molecule has 0 heterocycles. The number of esters is 2. The first kappa shape index (κ1) is 25.5. The van der Waals surface area contributed by atoms with Crippen LogP contribution in [0.25, 0.3) is 0 Å². The molecule has 0 radical (unpaired) electrons. The van der Waals surface area contributed by atoms with E-state index >= 15 is 0 Å².